The van der Waals surface area contributed by atoms with Gasteiger partial charge in [-0.1, -0.05) is 12.1 Å². The Morgan fingerprint density at radius 3 is 2.95 bits per heavy atom. The Labute approximate surface area is 114 Å². The van der Waals surface area contributed by atoms with Gasteiger partial charge in [0.15, 0.2) is 0 Å². The Morgan fingerprint density at radius 2 is 2.21 bits per heavy atom. The smallest absolute Gasteiger partial charge is 0.0991 e. The molecule has 19 heavy (non-hydrogen) atoms. The number of rotatable bonds is 4. The molecule has 1 aliphatic carbocycles. The van der Waals surface area contributed by atoms with Crippen LogP contribution in [0.15, 0.2) is 24.3 Å². The minimum absolute atomic E-state index is 0.265. The number of nitrogens with one attached hydrogen (secondary N) is 1. The van der Waals surface area contributed by atoms with Crippen molar-refractivity contribution in [3.8, 4) is 6.07 Å². The Kier molecular flexibility index (Phi) is 3.54. The van der Waals surface area contributed by atoms with Crippen molar-refractivity contribution >= 4 is 0 Å². The van der Waals surface area contributed by atoms with Crippen LogP contribution in [0.25, 0.3) is 0 Å². The molecule has 0 bridgehead atoms. The first-order chi connectivity index (χ1) is 9.28. The second kappa shape index (κ2) is 5.32. The van der Waals surface area contributed by atoms with Crippen molar-refractivity contribution in [2.24, 2.45) is 5.92 Å². The molecule has 3 rings (SSSR count). The topological polar surface area (TPSA) is 45.0 Å². The first-order valence-electron chi connectivity index (χ1n) is 7.15. The molecule has 3 unspecified atom stereocenters. The highest BCUT2D eigenvalue weighted by molar-refractivity contribution is 5.34. The van der Waals surface area contributed by atoms with Gasteiger partial charge in [0, 0.05) is 18.7 Å². The van der Waals surface area contributed by atoms with E-state index in [2.05, 4.69) is 24.4 Å². The van der Waals surface area contributed by atoms with Crippen molar-refractivity contribution < 1.29 is 4.74 Å². The van der Waals surface area contributed by atoms with Crippen molar-refractivity contribution in [3.05, 3.63) is 35.4 Å². The Hall–Kier alpha value is -1.37. The fourth-order valence-corrected chi connectivity index (χ4v) is 2.97. The number of hydrogen-bond donors (Lipinski definition) is 1. The van der Waals surface area contributed by atoms with E-state index in [1.807, 2.05) is 18.2 Å². The molecule has 1 aromatic rings. The quantitative estimate of drug-likeness (QED) is 0.901. The standard InChI is InChI=1S/C16H20N2O/c1-11(14-4-2-3-12(9-14)10-17)18-15-7-8-19-16(15)13-5-6-13/h2-4,9,11,13,15-16,18H,5-8H2,1H3. The van der Waals surface area contributed by atoms with Gasteiger partial charge in [-0.15, -0.1) is 0 Å². The lowest BCUT2D eigenvalue weighted by Crippen LogP contribution is -2.39. The van der Waals surface area contributed by atoms with Crippen LogP contribution in [-0.4, -0.2) is 18.8 Å². The van der Waals surface area contributed by atoms with Gasteiger partial charge in [-0.2, -0.15) is 5.26 Å². The van der Waals surface area contributed by atoms with Crippen LogP contribution in [0.2, 0.25) is 0 Å². The van der Waals surface area contributed by atoms with E-state index in [-0.39, 0.29) is 6.04 Å². The Balaban J connectivity index is 1.66. The van der Waals surface area contributed by atoms with E-state index in [1.165, 1.54) is 18.4 Å². The average Bonchev–Trinajstić information content (AvgIpc) is 3.19. The summed E-state index contributed by atoms with van der Waals surface area (Å²) in [5, 5.41) is 12.6. The van der Waals surface area contributed by atoms with Gasteiger partial charge in [0.25, 0.3) is 0 Å². The van der Waals surface area contributed by atoms with Crippen LogP contribution in [-0.2, 0) is 4.74 Å². The van der Waals surface area contributed by atoms with Crippen LogP contribution in [0.1, 0.15) is 43.4 Å². The molecule has 1 N–H and O–H groups in total. The molecule has 1 saturated heterocycles. The van der Waals surface area contributed by atoms with Crippen molar-refractivity contribution in [1.29, 1.82) is 5.26 Å². The molecule has 3 nitrogen and oxygen atoms in total. The lowest BCUT2D eigenvalue weighted by atomic mass is 10.0. The molecule has 1 heterocycles. The molecule has 2 aliphatic rings. The van der Waals surface area contributed by atoms with Gasteiger partial charge < -0.3 is 10.1 Å². The van der Waals surface area contributed by atoms with Crippen molar-refractivity contribution in [3.63, 3.8) is 0 Å². The second-order valence-electron chi connectivity index (χ2n) is 5.69. The van der Waals surface area contributed by atoms with Crippen LogP contribution in [0.4, 0.5) is 0 Å². The molecule has 1 aliphatic heterocycles. The van der Waals surface area contributed by atoms with Gasteiger partial charge in [-0.05, 0) is 49.8 Å². The van der Waals surface area contributed by atoms with E-state index >= 15 is 0 Å². The average molecular weight is 256 g/mol. The van der Waals surface area contributed by atoms with Crippen LogP contribution >= 0.6 is 0 Å². The monoisotopic (exact) mass is 256 g/mol. The third-order valence-electron chi connectivity index (χ3n) is 4.20. The lowest BCUT2D eigenvalue weighted by molar-refractivity contribution is 0.0793. The minimum Gasteiger partial charge on any atom is -0.376 e. The molecule has 3 heteroatoms. The summed E-state index contributed by atoms with van der Waals surface area (Å²) in [6, 6.07) is 10.8. The van der Waals surface area contributed by atoms with E-state index in [0.717, 1.165) is 24.5 Å². The summed E-state index contributed by atoms with van der Waals surface area (Å²) in [5.41, 5.74) is 1.91. The summed E-state index contributed by atoms with van der Waals surface area (Å²) < 4.78 is 5.86. The third kappa shape index (κ3) is 2.80. The van der Waals surface area contributed by atoms with Gasteiger partial charge in [-0.3, -0.25) is 0 Å². The van der Waals surface area contributed by atoms with Crippen LogP contribution in [0.3, 0.4) is 0 Å². The first-order valence-corrected chi connectivity index (χ1v) is 7.15. The number of hydrogen-bond acceptors (Lipinski definition) is 3. The zero-order valence-corrected chi connectivity index (χ0v) is 11.3. The highest BCUT2D eigenvalue weighted by atomic mass is 16.5. The summed E-state index contributed by atoms with van der Waals surface area (Å²) in [6.45, 7) is 3.04. The van der Waals surface area contributed by atoms with Crippen LogP contribution in [0.5, 0.6) is 0 Å². The summed E-state index contributed by atoms with van der Waals surface area (Å²) in [7, 11) is 0. The fraction of sp³-hybridized carbons (Fsp3) is 0.562. The number of benzene rings is 1. The maximum Gasteiger partial charge on any atom is 0.0991 e. The molecule has 0 aromatic heterocycles. The van der Waals surface area contributed by atoms with Gasteiger partial charge in [0.2, 0.25) is 0 Å². The summed E-state index contributed by atoms with van der Waals surface area (Å²) in [6.07, 6.45) is 4.15. The van der Waals surface area contributed by atoms with E-state index in [1.54, 1.807) is 0 Å². The zero-order valence-electron chi connectivity index (χ0n) is 11.3. The molecule has 0 spiro atoms. The van der Waals surface area contributed by atoms with Gasteiger partial charge in [-0.25, -0.2) is 0 Å². The summed E-state index contributed by atoms with van der Waals surface area (Å²) >= 11 is 0. The van der Waals surface area contributed by atoms with E-state index < -0.39 is 0 Å². The van der Waals surface area contributed by atoms with Gasteiger partial charge in [0.05, 0.1) is 17.7 Å². The Bertz CT molecular complexity index is 490. The highest BCUT2D eigenvalue weighted by Crippen LogP contribution is 2.39. The third-order valence-corrected chi connectivity index (χ3v) is 4.20. The van der Waals surface area contributed by atoms with Crippen molar-refractivity contribution in [1.82, 2.24) is 5.32 Å². The largest absolute Gasteiger partial charge is 0.376 e. The molecule has 2 fully saturated rings. The maximum absolute atomic E-state index is 8.96. The van der Waals surface area contributed by atoms with E-state index in [9.17, 15) is 0 Å². The highest BCUT2D eigenvalue weighted by Gasteiger charge is 2.40. The van der Waals surface area contributed by atoms with Gasteiger partial charge in [0.1, 0.15) is 0 Å². The van der Waals surface area contributed by atoms with Crippen LogP contribution < -0.4 is 5.32 Å². The molecule has 0 amide bonds. The molecule has 3 atom stereocenters. The maximum atomic E-state index is 8.96. The summed E-state index contributed by atoms with van der Waals surface area (Å²) in [4.78, 5) is 0. The predicted octanol–water partition coefficient (Wildman–Crippen LogP) is 2.78. The molecular formula is C16H20N2O. The van der Waals surface area contributed by atoms with Crippen LogP contribution in [0, 0.1) is 17.2 Å². The molecule has 1 aromatic carbocycles. The summed E-state index contributed by atoms with van der Waals surface area (Å²) in [5.74, 6) is 0.776. The molecule has 0 radical (unpaired) electrons. The number of nitrogens with zero attached hydrogens (tertiary/aromatic N) is 1. The second-order valence-corrected chi connectivity index (χ2v) is 5.69. The minimum atomic E-state index is 0.265. The van der Waals surface area contributed by atoms with Crippen molar-refractivity contribution in [2.75, 3.05) is 6.61 Å². The van der Waals surface area contributed by atoms with Crippen molar-refractivity contribution in [2.45, 2.75) is 44.4 Å². The fourth-order valence-electron chi connectivity index (χ4n) is 2.97. The normalized spacial score (nSPS) is 28.0. The number of ether oxygens (including phenoxy) is 1. The van der Waals surface area contributed by atoms with E-state index in [4.69, 9.17) is 10.00 Å². The zero-order chi connectivity index (χ0) is 13.2. The number of nitriles is 1. The lowest BCUT2D eigenvalue weighted by Gasteiger charge is -2.24. The molecule has 1 saturated carbocycles. The molecular weight excluding hydrogens is 236 g/mol. The predicted molar refractivity (Wildman–Crippen MR) is 73.6 cm³/mol. The molecule has 100 valence electrons. The first kappa shape index (κ1) is 12.7. The SMILES string of the molecule is CC(NC1CCOC1C1CC1)c1cccc(C#N)c1. The Morgan fingerprint density at radius 1 is 1.37 bits per heavy atom. The van der Waals surface area contributed by atoms with E-state index in [0.29, 0.717) is 12.1 Å². The van der Waals surface area contributed by atoms with Gasteiger partial charge >= 0.3 is 0 Å².